The fourth-order valence-corrected chi connectivity index (χ4v) is 4.04. The maximum atomic E-state index is 4.81. The summed E-state index contributed by atoms with van der Waals surface area (Å²) in [6.07, 6.45) is 2.43. The van der Waals surface area contributed by atoms with Gasteiger partial charge in [0.15, 0.2) is 0 Å². The molecular formula is C15H17BrN2S. The number of aryl methyl sites for hydroxylation is 1. The van der Waals surface area contributed by atoms with E-state index in [0.717, 1.165) is 17.6 Å². The number of halogens is 1. The van der Waals surface area contributed by atoms with Crippen molar-refractivity contribution in [1.29, 1.82) is 0 Å². The van der Waals surface area contributed by atoms with Gasteiger partial charge in [-0.15, -0.1) is 11.3 Å². The van der Waals surface area contributed by atoms with Gasteiger partial charge in [0.25, 0.3) is 0 Å². The molecule has 2 heterocycles. The Morgan fingerprint density at radius 2 is 1.89 bits per heavy atom. The van der Waals surface area contributed by atoms with Crippen molar-refractivity contribution in [3.8, 4) is 10.4 Å². The molecule has 1 aromatic carbocycles. The first kappa shape index (κ1) is 13.3. The Labute approximate surface area is 126 Å². The van der Waals surface area contributed by atoms with Crippen LogP contribution in [0.15, 0.2) is 28.7 Å². The van der Waals surface area contributed by atoms with E-state index in [1.54, 1.807) is 0 Å². The highest BCUT2D eigenvalue weighted by molar-refractivity contribution is 9.10. The molecule has 0 saturated carbocycles. The number of thiazole rings is 1. The molecule has 0 unspecified atom stereocenters. The van der Waals surface area contributed by atoms with Crippen LogP contribution in [-0.2, 0) is 0 Å². The third-order valence-corrected chi connectivity index (χ3v) is 5.51. The number of hydrogen-bond acceptors (Lipinski definition) is 3. The van der Waals surface area contributed by atoms with Gasteiger partial charge in [-0.05, 0) is 50.6 Å². The van der Waals surface area contributed by atoms with Gasteiger partial charge < -0.3 is 5.32 Å². The van der Waals surface area contributed by atoms with E-state index in [2.05, 4.69) is 52.4 Å². The van der Waals surface area contributed by atoms with Crippen molar-refractivity contribution < 1.29 is 0 Å². The first-order chi connectivity index (χ1) is 9.24. The summed E-state index contributed by atoms with van der Waals surface area (Å²) in [5.74, 6) is 0.647. The summed E-state index contributed by atoms with van der Waals surface area (Å²) in [5.41, 5.74) is 2.44. The highest BCUT2D eigenvalue weighted by Crippen LogP contribution is 2.36. The van der Waals surface area contributed by atoms with Crippen LogP contribution >= 0.6 is 27.3 Å². The molecule has 2 nitrogen and oxygen atoms in total. The molecule has 4 heteroatoms. The number of rotatable bonds is 2. The second-order valence-electron chi connectivity index (χ2n) is 5.00. The predicted octanol–water partition coefficient (Wildman–Crippen LogP) is 4.35. The molecule has 2 aromatic rings. The molecule has 0 amide bonds. The Morgan fingerprint density at radius 1 is 1.21 bits per heavy atom. The Balaban J connectivity index is 1.90. The van der Waals surface area contributed by atoms with Gasteiger partial charge in [-0.25, -0.2) is 4.98 Å². The number of nitrogens with zero attached hydrogens (tertiary/aromatic N) is 1. The second kappa shape index (κ2) is 5.73. The monoisotopic (exact) mass is 336 g/mol. The summed E-state index contributed by atoms with van der Waals surface area (Å²) in [6.45, 7) is 4.37. The SMILES string of the molecule is Cc1nc(C2CCNCC2)sc1-c1ccc(Br)cc1. The highest BCUT2D eigenvalue weighted by Gasteiger charge is 2.20. The summed E-state index contributed by atoms with van der Waals surface area (Å²) >= 11 is 5.36. The van der Waals surface area contributed by atoms with E-state index in [1.165, 1.54) is 34.0 Å². The summed E-state index contributed by atoms with van der Waals surface area (Å²) in [4.78, 5) is 6.13. The lowest BCUT2D eigenvalue weighted by Gasteiger charge is -2.20. The van der Waals surface area contributed by atoms with E-state index in [0.29, 0.717) is 5.92 Å². The molecule has 0 bridgehead atoms. The van der Waals surface area contributed by atoms with Gasteiger partial charge in [-0.2, -0.15) is 0 Å². The minimum Gasteiger partial charge on any atom is -0.317 e. The molecule has 0 atom stereocenters. The van der Waals surface area contributed by atoms with Crippen LogP contribution in [0.25, 0.3) is 10.4 Å². The molecule has 0 radical (unpaired) electrons. The Kier molecular flexibility index (Phi) is 4.01. The first-order valence-electron chi connectivity index (χ1n) is 6.68. The normalized spacial score (nSPS) is 16.7. The zero-order chi connectivity index (χ0) is 13.2. The van der Waals surface area contributed by atoms with Crippen LogP contribution in [0.2, 0.25) is 0 Å². The van der Waals surface area contributed by atoms with E-state index in [9.17, 15) is 0 Å². The average Bonchev–Trinajstić information content (AvgIpc) is 2.83. The van der Waals surface area contributed by atoms with Crippen LogP contribution in [0, 0.1) is 6.92 Å². The smallest absolute Gasteiger partial charge is 0.0966 e. The van der Waals surface area contributed by atoms with E-state index in [1.807, 2.05) is 11.3 Å². The van der Waals surface area contributed by atoms with Crippen molar-refractivity contribution in [2.24, 2.45) is 0 Å². The first-order valence-corrected chi connectivity index (χ1v) is 8.29. The minimum absolute atomic E-state index is 0.647. The van der Waals surface area contributed by atoms with Crippen LogP contribution < -0.4 is 5.32 Å². The maximum Gasteiger partial charge on any atom is 0.0966 e. The van der Waals surface area contributed by atoms with Crippen LogP contribution in [0.1, 0.15) is 29.5 Å². The van der Waals surface area contributed by atoms with Gasteiger partial charge in [-0.1, -0.05) is 28.1 Å². The van der Waals surface area contributed by atoms with E-state index >= 15 is 0 Å². The van der Waals surface area contributed by atoms with Crippen molar-refractivity contribution in [3.05, 3.63) is 39.4 Å². The highest BCUT2D eigenvalue weighted by atomic mass is 79.9. The minimum atomic E-state index is 0.647. The van der Waals surface area contributed by atoms with Crippen molar-refractivity contribution in [2.75, 3.05) is 13.1 Å². The molecule has 19 heavy (non-hydrogen) atoms. The second-order valence-corrected chi connectivity index (χ2v) is 6.94. The van der Waals surface area contributed by atoms with Crippen molar-refractivity contribution >= 4 is 27.3 Å². The van der Waals surface area contributed by atoms with Gasteiger partial charge in [0.1, 0.15) is 0 Å². The number of hydrogen-bond donors (Lipinski definition) is 1. The summed E-state index contributed by atoms with van der Waals surface area (Å²) in [7, 11) is 0. The fourth-order valence-electron chi connectivity index (χ4n) is 2.53. The molecule has 1 fully saturated rings. The third-order valence-electron chi connectivity index (χ3n) is 3.61. The zero-order valence-electron chi connectivity index (χ0n) is 10.9. The van der Waals surface area contributed by atoms with Gasteiger partial charge in [0, 0.05) is 10.4 Å². The summed E-state index contributed by atoms with van der Waals surface area (Å²) in [5, 5.41) is 4.73. The summed E-state index contributed by atoms with van der Waals surface area (Å²) in [6, 6.07) is 8.52. The van der Waals surface area contributed by atoms with Crippen molar-refractivity contribution in [3.63, 3.8) is 0 Å². The number of aromatic nitrogens is 1. The molecule has 1 aliphatic rings. The fraction of sp³-hybridized carbons (Fsp3) is 0.400. The van der Waals surface area contributed by atoms with Crippen LogP contribution in [-0.4, -0.2) is 18.1 Å². The Bertz CT molecular complexity index is 556. The largest absolute Gasteiger partial charge is 0.317 e. The van der Waals surface area contributed by atoms with Crippen molar-refractivity contribution in [1.82, 2.24) is 10.3 Å². The van der Waals surface area contributed by atoms with E-state index < -0.39 is 0 Å². The third kappa shape index (κ3) is 2.91. The van der Waals surface area contributed by atoms with Crippen molar-refractivity contribution in [2.45, 2.75) is 25.7 Å². The maximum absolute atomic E-state index is 4.81. The molecule has 3 rings (SSSR count). The van der Waals surface area contributed by atoms with E-state index in [-0.39, 0.29) is 0 Å². The lowest BCUT2D eigenvalue weighted by Crippen LogP contribution is -2.26. The average molecular weight is 337 g/mol. The van der Waals surface area contributed by atoms with Gasteiger partial charge >= 0.3 is 0 Å². The van der Waals surface area contributed by atoms with E-state index in [4.69, 9.17) is 4.98 Å². The van der Waals surface area contributed by atoms with Gasteiger partial charge in [0.05, 0.1) is 15.6 Å². The number of nitrogens with one attached hydrogen (secondary N) is 1. The molecule has 0 aliphatic carbocycles. The zero-order valence-corrected chi connectivity index (χ0v) is 13.4. The predicted molar refractivity (Wildman–Crippen MR) is 84.8 cm³/mol. The quantitative estimate of drug-likeness (QED) is 0.881. The molecule has 100 valence electrons. The van der Waals surface area contributed by atoms with Gasteiger partial charge in [-0.3, -0.25) is 0 Å². The Morgan fingerprint density at radius 3 is 2.58 bits per heavy atom. The van der Waals surface area contributed by atoms with Crippen LogP contribution in [0.5, 0.6) is 0 Å². The molecule has 1 saturated heterocycles. The standard InChI is InChI=1S/C15H17BrN2S/c1-10-14(11-2-4-13(16)5-3-11)19-15(18-10)12-6-8-17-9-7-12/h2-5,12,17H,6-9H2,1H3. The lowest BCUT2D eigenvalue weighted by molar-refractivity contribution is 0.459. The molecule has 1 aliphatic heterocycles. The van der Waals surface area contributed by atoms with Crippen LogP contribution in [0.4, 0.5) is 0 Å². The topological polar surface area (TPSA) is 24.9 Å². The number of piperidine rings is 1. The lowest BCUT2D eigenvalue weighted by atomic mass is 9.99. The molecule has 1 N–H and O–H groups in total. The van der Waals surface area contributed by atoms with Crippen LogP contribution in [0.3, 0.4) is 0 Å². The number of benzene rings is 1. The molecular weight excluding hydrogens is 320 g/mol. The Hall–Kier alpha value is -0.710. The van der Waals surface area contributed by atoms with Gasteiger partial charge in [0.2, 0.25) is 0 Å². The molecule has 1 aromatic heterocycles. The summed E-state index contributed by atoms with van der Waals surface area (Å²) < 4.78 is 1.12. The molecule has 0 spiro atoms.